The maximum absolute atomic E-state index is 6.32. The normalized spacial score (nSPS) is 12.2. The number of aryl methyl sites for hydroxylation is 1. The predicted molar refractivity (Wildman–Crippen MR) is 82.5 cm³/mol. The van der Waals surface area contributed by atoms with Gasteiger partial charge in [-0.25, -0.2) is 0 Å². The van der Waals surface area contributed by atoms with Gasteiger partial charge in [-0.1, -0.05) is 40.2 Å². The van der Waals surface area contributed by atoms with Crippen LogP contribution in [0.5, 0.6) is 5.75 Å². The van der Waals surface area contributed by atoms with Gasteiger partial charge in [0.05, 0.1) is 12.6 Å². The minimum atomic E-state index is -0.141. The number of ether oxygens (including phenoxy) is 1. The van der Waals surface area contributed by atoms with E-state index in [1.807, 2.05) is 31.2 Å². The molecule has 0 aliphatic carbocycles. The van der Waals surface area contributed by atoms with Crippen molar-refractivity contribution in [3.8, 4) is 5.75 Å². The van der Waals surface area contributed by atoms with Crippen LogP contribution >= 0.6 is 15.9 Å². The fraction of sp³-hybridized carbons (Fsp3) is 0.250. The van der Waals surface area contributed by atoms with Crippen LogP contribution in [-0.2, 0) is 0 Å². The van der Waals surface area contributed by atoms with Gasteiger partial charge in [0.1, 0.15) is 5.75 Å². The van der Waals surface area contributed by atoms with Gasteiger partial charge in [0.2, 0.25) is 0 Å². The maximum Gasteiger partial charge on any atom is 0.119 e. The summed E-state index contributed by atoms with van der Waals surface area (Å²) >= 11 is 3.55. The van der Waals surface area contributed by atoms with Crippen LogP contribution in [0.3, 0.4) is 0 Å². The van der Waals surface area contributed by atoms with E-state index in [4.69, 9.17) is 10.5 Å². The van der Waals surface area contributed by atoms with Crippen molar-refractivity contribution < 1.29 is 4.74 Å². The molecule has 100 valence electrons. The number of hydrogen-bond acceptors (Lipinski definition) is 2. The van der Waals surface area contributed by atoms with E-state index in [0.29, 0.717) is 6.61 Å². The molecule has 0 radical (unpaired) electrons. The van der Waals surface area contributed by atoms with E-state index in [1.165, 1.54) is 5.56 Å². The molecule has 3 heteroatoms. The summed E-state index contributed by atoms with van der Waals surface area (Å²) < 4.78 is 6.60. The van der Waals surface area contributed by atoms with Gasteiger partial charge >= 0.3 is 0 Å². The van der Waals surface area contributed by atoms with E-state index in [2.05, 4.69) is 41.1 Å². The molecule has 2 rings (SSSR count). The Bertz CT molecular complexity index is 568. The van der Waals surface area contributed by atoms with Crippen molar-refractivity contribution in [3.05, 3.63) is 63.6 Å². The van der Waals surface area contributed by atoms with Crippen molar-refractivity contribution in [1.82, 2.24) is 0 Å². The standard InChI is InChI=1S/C16H18BrNO/c1-3-19-14-6-4-5-12(9-14)16(18)13-8-7-11(2)15(17)10-13/h4-10,16H,3,18H2,1-2H3. The summed E-state index contributed by atoms with van der Waals surface area (Å²) in [6.07, 6.45) is 0. The smallest absolute Gasteiger partial charge is 0.119 e. The Morgan fingerprint density at radius 1 is 1.16 bits per heavy atom. The molecule has 0 heterocycles. The van der Waals surface area contributed by atoms with Crippen LogP contribution < -0.4 is 10.5 Å². The Labute approximate surface area is 122 Å². The molecule has 0 spiro atoms. The van der Waals surface area contributed by atoms with E-state index in [-0.39, 0.29) is 6.04 Å². The lowest BCUT2D eigenvalue weighted by molar-refractivity contribution is 0.340. The molecule has 0 aliphatic heterocycles. The minimum Gasteiger partial charge on any atom is -0.494 e. The van der Waals surface area contributed by atoms with Crippen LogP contribution in [0.4, 0.5) is 0 Å². The molecule has 0 fully saturated rings. The summed E-state index contributed by atoms with van der Waals surface area (Å²) in [4.78, 5) is 0. The summed E-state index contributed by atoms with van der Waals surface area (Å²) in [6.45, 7) is 4.70. The van der Waals surface area contributed by atoms with Crippen LogP contribution in [0.15, 0.2) is 46.9 Å². The number of hydrogen-bond donors (Lipinski definition) is 1. The third-order valence-corrected chi connectivity index (χ3v) is 3.94. The monoisotopic (exact) mass is 319 g/mol. The summed E-state index contributed by atoms with van der Waals surface area (Å²) in [5, 5.41) is 0. The molecule has 19 heavy (non-hydrogen) atoms. The Hall–Kier alpha value is -1.32. The third kappa shape index (κ3) is 3.37. The van der Waals surface area contributed by atoms with Gasteiger partial charge < -0.3 is 10.5 Å². The second kappa shape index (κ2) is 6.22. The van der Waals surface area contributed by atoms with Crippen LogP contribution in [0.2, 0.25) is 0 Å². The first-order valence-corrected chi connectivity index (χ1v) is 7.15. The van der Waals surface area contributed by atoms with Gasteiger partial charge in [0.15, 0.2) is 0 Å². The first kappa shape index (κ1) is 14.1. The molecule has 0 aliphatic rings. The van der Waals surface area contributed by atoms with E-state index in [1.54, 1.807) is 0 Å². The average molecular weight is 320 g/mol. The number of nitrogens with two attached hydrogens (primary N) is 1. The molecule has 2 N–H and O–H groups in total. The van der Waals surface area contributed by atoms with Crippen molar-refractivity contribution in [1.29, 1.82) is 0 Å². The van der Waals surface area contributed by atoms with E-state index in [9.17, 15) is 0 Å². The molecule has 1 unspecified atom stereocenters. The van der Waals surface area contributed by atoms with Crippen molar-refractivity contribution in [2.24, 2.45) is 5.73 Å². The molecule has 2 nitrogen and oxygen atoms in total. The molecule has 0 bridgehead atoms. The number of rotatable bonds is 4. The van der Waals surface area contributed by atoms with Gasteiger partial charge in [-0.15, -0.1) is 0 Å². The quantitative estimate of drug-likeness (QED) is 0.916. The fourth-order valence-electron chi connectivity index (χ4n) is 1.96. The zero-order valence-electron chi connectivity index (χ0n) is 11.2. The lowest BCUT2D eigenvalue weighted by Crippen LogP contribution is -2.12. The van der Waals surface area contributed by atoms with Crippen LogP contribution in [0.25, 0.3) is 0 Å². The van der Waals surface area contributed by atoms with Gasteiger partial charge in [0, 0.05) is 4.47 Å². The Morgan fingerprint density at radius 2 is 1.89 bits per heavy atom. The largest absolute Gasteiger partial charge is 0.494 e. The molecule has 2 aromatic carbocycles. The van der Waals surface area contributed by atoms with Gasteiger partial charge in [0.25, 0.3) is 0 Å². The lowest BCUT2D eigenvalue weighted by atomic mass is 9.98. The highest BCUT2D eigenvalue weighted by molar-refractivity contribution is 9.10. The van der Waals surface area contributed by atoms with Gasteiger partial charge in [-0.05, 0) is 48.7 Å². The Balaban J connectivity index is 2.29. The van der Waals surface area contributed by atoms with E-state index < -0.39 is 0 Å². The second-order valence-electron chi connectivity index (χ2n) is 4.49. The average Bonchev–Trinajstić information content (AvgIpc) is 2.42. The highest BCUT2D eigenvalue weighted by atomic mass is 79.9. The number of benzene rings is 2. The Morgan fingerprint density at radius 3 is 2.58 bits per heavy atom. The summed E-state index contributed by atoms with van der Waals surface area (Å²) in [5.74, 6) is 0.863. The van der Waals surface area contributed by atoms with Crippen molar-refractivity contribution in [3.63, 3.8) is 0 Å². The van der Waals surface area contributed by atoms with Crippen LogP contribution in [0.1, 0.15) is 29.7 Å². The molecule has 0 aromatic heterocycles. The van der Waals surface area contributed by atoms with Crippen molar-refractivity contribution in [2.45, 2.75) is 19.9 Å². The molecule has 0 amide bonds. The van der Waals surface area contributed by atoms with E-state index >= 15 is 0 Å². The molecular formula is C16H18BrNO. The third-order valence-electron chi connectivity index (χ3n) is 3.08. The van der Waals surface area contributed by atoms with Crippen LogP contribution in [0, 0.1) is 6.92 Å². The van der Waals surface area contributed by atoms with E-state index in [0.717, 1.165) is 21.3 Å². The van der Waals surface area contributed by atoms with Crippen LogP contribution in [-0.4, -0.2) is 6.61 Å². The Kier molecular flexibility index (Phi) is 4.61. The van der Waals surface area contributed by atoms with Gasteiger partial charge in [-0.3, -0.25) is 0 Å². The highest BCUT2D eigenvalue weighted by Crippen LogP contribution is 2.26. The minimum absolute atomic E-state index is 0.141. The molecule has 1 atom stereocenters. The number of halogens is 1. The second-order valence-corrected chi connectivity index (χ2v) is 5.35. The van der Waals surface area contributed by atoms with Gasteiger partial charge in [-0.2, -0.15) is 0 Å². The molecular weight excluding hydrogens is 302 g/mol. The summed E-state index contributed by atoms with van der Waals surface area (Å²) in [6, 6.07) is 14.0. The van der Waals surface area contributed by atoms with Crippen molar-refractivity contribution >= 4 is 15.9 Å². The zero-order valence-corrected chi connectivity index (χ0v) is 12.8. The topological polar surface area (TPSA) is 35.2 Å². The fourth-order valence-corrected chi connectivity index (χ4v) is 2.36. The SMILES string of the molecule is CCOc1cccc(C(N)c2ccc(C)c(Br)c2)c1. The predicted octanol–water partition coefficient (Wildman–Crippen LogP) is 4.20. The zero-order chi connectivity index (χ0) is 13.8. The first-order chi connectivity index (χ1) is 9.11. The van der Waals surface area contributed by atoms with Crippen molar-refractivity contribution in [2.75, 3.05) is 6.61 Å². The highest BCUT2D eigenvalue weighted by Gasteiger charge is 2.10. The molecule has 2 aromatic rings. The lowest BCUT2D eigenvalue weighted by Gasteiger charge is -2.15. The summed E-state index contributed by atoms with van der Waals surface area (Å²) in [7, 11) is 0. The first-order valence-electron chi connectivity index (χ1n) is 6.36. The molecule has 0 saturated carbocycles. The molecule has 0 saturated heterocycles. The maximum atomic E-state index is 6.32. The summed E-state index contributed by atoms with van der Waals surface area (Å²) in [5.41, 5.74) is 9.68.